The lowest BCUT2D eigenvalue weighted by molar-refractivity contribution is -0.121. The zero-order chi connectivity index (χ0) is 13.1. The Morgan fingerprint density at radius 3 is 3.05 bits per heavy atom. The fraction of sp³-hybridized carbons (Fsp3) is 0.438. The van der Waals surface area contributed by atoms with Crippen molar-refractivity contribution in [1.29, 1.82) is 0 Å². The van der Waals surface area contributed by atoms with Gasteiger partial charge in [-0.3, -0.25) is 4.79 Å². The molecule has 3 heteroatoms. The Bertz CT molecular complexity index is 482. The van der Waals surface area contributed by atoms with E-state index in [2.05, 4.69) is 22.8 Å². The molecule has 0 saturated carbocycles. The molecule has 1 heterocycles. The molecule has 2 N–H and O–H groups in total. The van der Waals surface area contributed by atoms with Crippen LogP contribution >= 0.6 is 0 Å². The number of hydrogen-bond acceptors (Lipinski definition) is 2. The Labute approximate surface area is 114 Å². The molecule has 1 atom stereocenters. The van der Waals surface area contributed by atoms with E-state index in [1.54, 1.807) is 0 Å². The van der Waals surface area contributed by atoms with Crippen LogP contribution in [0.2, 0.25) is 0 Å². The first-order chi connectivity index (χ1) is 9.33. The van der Waals surface area contributed by atoms with Crippen LogP contribution in [0.1, 0.15) is 31.2 Å². The van der Waals surface area contributed by atoms with Gasteiger partial charge in [0.25, 0.3) is 0 Å². The number of amides is 1. The second kappa shape index (κ2) is 5.47. The van der Waals surface area contributed by atoms with Gasteiger partial charge in [0.1, 0.15) is 6.04 Å². The van der Waals surface area contributed by atoms with Crippen molar-refractivity contribution >= 4 is 11.6 Å². The van der Waals surface area contributed by atoms with Gasteiger partial charge in [-0.25, -0.2) is 0 Å². The highest BCUT2D eigenvalue weighted by Crippen LogP contribution is 2.25. The Morgan fingerprint density at radius 2 is 2.26 bits per heavy atom. The molecular weight excluding hydrogens is 236 g/mol. The molecule has 0 spiro atoms. The van der Waals surface area contributed by atoms with Crippen molar-refractivity contribution in [3.05, 3.63) is 41.5 Å². The van der Waals surface area contributed by atoms with Gasteiger partial charge in [0.05, 0.1) is 0 Å². The Morgan fingerprint density at radius 1 is 1.37 bits per heavy atom. The normalized spacial score (nSPS) is 20.6. The molecule has 0 saturated heterocycles. The molecule has 3 nitrogen and oxygen atoms in total. The van der Waals surface area contributed by atoms with Crippen LogP contribution in [-0.4, -0.2) is 18.5 Å². The van der Waals surface area contributed by atoms with E-state index in [0.717, 1.165) is 25.1 Å². The summed E-state index contributed by atoms with van der Waals surface area (Å²) < 4.78 is 0. The third kappa shape index (κ3) is 2.80. The van der Waals surface area contributed by atoms with E-state index in [1.165, 1.54) is 30.4 Å². The zero-order valence-electron chi connectivity index (χ0n) is 11.1. The molecule has 1 aromatic rings. The van der Waals surface area contributed by atoms with Gasteiger partial charge < -0.3 is 10.6 Å². The molecule has 19 heavy (non-hydrogen) atoms. The van der Waals surface area contributed by atoms with Crippen molar-refractivity contribution in [2.75, 3.05) is 11.9 Å². The number of rotatable bonds is 4. The minimum atomic E-state index is -0.102. The van der Waals surface area contributed by atoms with Crippen LogP contribution in [0.5, 0.6) is 0 Å². The number of hydrogen-bond donors (Lipinski definition) is 2. The summed E-state index contributed by atoms with van der Waals surface area (Å²) in [7, 11) is 0. The van der Waals surface area contributed by atoms with Gasteiger partial charge in [0.15, 0.2) is 0 Å². The van der Waals surface area contributed by atoms with Gasteiger partial charge in [0, 0.05) is 18.7 Å². The lowest BCUT2D eigenvalue weighted by Crippen LogP contribution is -2.38. The van der Waals surface area contributed by atoms with Crippen molar-refractivity contribution in [3.8, 4) is 0 Å². The van der Waals surface area contributed by atoms with E-state index in [1.807, 2.05) is 18.2 Å². The van der Waals surface area contributed by atoms with Crippen molar-refractivity contribution in [2.45, 2.75) is 38.1 Å². The van der Waals surface area contributed by atoms with Gasteiger partial charge in [-0.15, -0.1) is 0 Å². The lowest BCUT2D eigenvalue weighted by atomic mass is 10.1. The van der Waals surface area contributed by atoms with Gasteiger partial charge in [0.2, 0.25) is 5.91 Å². The van der Waals surface area contributed by atoms with Crippen LogP contribution in [0.3, 0.4) is 0 Å². The number of allylic oxidation sites excluding steroid dienone is 1. The van der Waals surface area contributed by atoms with Gasteiger partial charge in [-0.2, -0.15) is 0 Å². The third-order valence-corrected chi connectivity index (χ3v) is 3.97. The van der Waals surface area contributed by atoms with E-state index < -0.39 is 0 Å². The SMILES string of the molecule is O=C(NCCC1=CCCC1)C1Cc2ccccc2N1. The summed E-state index contributed by atoms with van der Waals surface area (Å²) in [4.78, 5) is 12.1. The van der Waals surface area contributed by atoms with Crippen LogP contribution in [0.4, 0.5) is 5.69 Å². The molecule has 0 fully saturated rings. The van der Waals surface area contributed by atoms with E-state index in [4.69, 9.17) is 0 Å². The molecule has 2 aliphatic rings. The highest BCUT2D eigenvalue weighted by molar-refractivity contribution is 5.87. The predicted octanol–water partition coefficient (Wildman–Crippen LogP) is 2.64. The van der Waals surface area contributed by atoms with Crippen LogP contribution < -0.4 is 10.6 Å². The first kappa shape index (κ1) is 12.3. The summed E-state index contributed by atoms with van der Waals surface area (Å²) in [5.41, 5.74) is 3.84. The average molecular weight is 256 g/mol. The molecule has 0 radical (unpaired) electrons. The molecule has 1 aliphatic carbocycles. The van der Waals surface area contributed by atoms with E-state index in [0.29, 0.717) is 0 Å². The van der Waals surface area contributed by atoms with Crippen molar-refractivity contribution in [3.63, 3.8) is 0 Å². The maximum absolute atomic E-state index is 12.1. The second-order valence-corrected chi connectivity index (χ2v) is 5.35. The Kier molecular flexibility index (Phi) is 3.53. The van der Waals surface area contributed by atoms with Crippen LogP contribution in [0, 0.1) is 0 Å². The van der Waals surface area contributed by atoms with Crippen molar-refractivity contribution < 1.29 is 4.79 Å². The topological polar surface area (TPSA) is 41.1 Å². The summed E-state index contributed by atoms with van der Waals surface area (Å²) in [5, 5.41) is 6.33. The zero-order valence-corrected chi connectivity index (χ0v) is 11.1. The lowest BCUT2D eigenvalue weighted by Gasteiger charge is -2.12. The Hall–Kier alpha value is -1.77. The number of benzene rings is 1. The fourth-order valence-electron chi connectivity index (χ4n) is 2.89. The fourth-order valence-corrected chi connectivity index (χ4v) is 2.89. The number of nitrogens with one attached hydrogen (secondary N) is 2. The molecule has 1 amide bonds. The molecule has 0 bridgehead atoms. The molecule has 100 valence electrons. The predicted molar refractivity (Wildman–Crippen MR) is 77.1 cm³/mol. The number of anilines is 1. The van der Waals surface area contributed by atoms with Gasteiger partial charge >= 0.3 is 0 Å². The number of para-hydroxylation sites is 1. The van der Waals surface area contributed by atoms with E-state index in [-0.39, 0.29) is 11.9 Å². The van der Waals surface area contributed by atoms with Crippen LogP contribution in [0.15, 0.2) is 35.9 Å². The molecule has 1 unspecified atom stereocenters. The first-order valence-corrected chi connectivity index (χ1v) is 7.13. The summed E-state index contributed by atoms with van der Waals surface area (Å²) in [6.45, 7) is 0.763. The number of fused-ring (bicyclic) bond motifs is 1. The summed E-state index contributed by atoms with van der Waals surface area (Å²) in [6, 6.07) is 8.03. The average Bonchev–Trinajstić information content (AvgIpc) is 3.07. The Balaban J connectivity index is 1.47. The first-order valence-electron chi connectivity index (χ1n) is 7.13. The minimum Gasteiger partial charge on any atom is -0.373 e. The van der Waals surface area contributed by atoms with Crippen molar-refractivity contribution in [2.24, 2.45) is 0 Å². The quantitative estimate of drug-likeness (QED) is 0.813. The molecule has 3 rings (SSSR count). The highest BCUT2D eigenvalue weighted by Gasteiger charge is 2.25. The van der Waals surface area contributed by atoms with E-state index >= 15 is 0 Å². The third-order valence-electron chi connectivity index (χ3n) is 3.97. The molecule has 1 aromatic carbocycles. The van der Waals surface area contributed by atoms with Gasteiger partial charge in [-0.1, -0.05) is 29.8 Å². The minimum absolute atomic E-state index is 0.102. The van der Waals surface area contributed by atoms with Gasteiger partial charge in [-0.05, 0) is 37.3 Å². The summed E-state index contributed by atoms with van der Waals surface area (Å²) >= 11 is 0. The smallest absolute Gasteiger partial charge is 0.242 e. The molecule has 1 aliphatic heterocycles. The largest absolute Gasteiger partial charge is 0.373 e. The number of carbonyl (C=O) groups excluding carboxylic acids is 1. The van der Waals surface area contributed by atoms with E-state index in [9.17, 15) is 4.79 Å². The molecule has 0 aromatic heterocycles. The van der Waals surface area contributed by atoms with Crippen LogP contribution in [0.25, 0.3) is 0 Å². The molecular formula is C16H20N2O. The second-order valence-electron chi connectivity index (χ2n) is 5.35. The maximum Gasteiger partial charge on any atom is 0.242 e. The van der Waals surface area contributed by atoms with Crippen molar-refractivity contribution in [1.82, 2.24) is 5.32 Å². The summed E-state index contributed by atoms with van der Waals surface area (Å²) in [5.74, 6) is 0.120. The monoisotopic (exact) mass is 256 g/mol. The number of carbonyl (C=O) groups is 1. The van der Waals surface area contributed by atoms with Crippen LogP contribution in [-0.2, 0) is 11.2 Å². The standard InChI is InChI=1S/C16H20N2O/c19-16(17-10-9-12-5-1-2-6-12)15-11-13-7-3-4-8-14(13)18-15/h3-5,7-8,15,18H,1-2,6,9-11H2,(H,17,19). The summed E-state index contributed by atoms with van der Waals surface area (Å²) in [6.07, 6.45) is 7.82. The maximum atomic E-state index is 12.1. The highest BCUT2D eigenvalue weighted by atomic mass is 16.2.